The summed E-state index contributed by atoms with van der Waals surface area (Å²) in [5.74, 6) is 0. The number of aromatic nitrogens is 3. The molecule has 1 N–H and O–H groups in total. The third kappa shape index (κ3) is 3.09. The first-order valence-corrected chi connectivity index (χ1v) is 6.47. The van der Waals surface area contributed by atoms with Crippen LogP contribution in [0.1, 0.15) is 24.6 Å². The molecule has 4 nitrogen and oxygen atoms in total. The highest BCUT2D eigenvalue weighted by molar-refractivity contribution is 6.30. The number of benzene rings is 1. The maximum Gasteiger partial charge on any atom is 0.0969 e. The van der Waals surface area contributed by atoms with Gasteiger partial charge in [-0.15, -0.1) is 5.10 Å². The Bertz CT molecular complexity index is 521. The van der Waals surface area contributed by atoms with E-state index < -0.39 is 0 Å². The second kappa shape index (κ2) is 5.98. The molecular weight excluding hydrogens is 248 g/mol. The molecule has 0 unspecified atom stereocenters. The zero-order valence-corrected chi connectivity index (χ0v) is 11.4. The fourth-order valence-corrected chi connectivity index (χ4v) is 1.89. The largest absolute Gasteiger partial charge is 0.311 e. The third-order valence-electron chi connectivity index (χ3n) is 2.69. The lowest BCUT2D eigenvalue weighted by Crippen LogP contribution is -2.13. The maximum absolute atomic E-state index is 6.00. The third-order valence-corrected chi connectivity index (χ3v) is 2.93. The zero-order chi connectivity index (χ0) is 13.0. The van der Waals surface area contributed by atoms with E-state index in [0.29, 0.717) is 5.02 Å². The molecule has 5 heteroatoms. The summed E-state index contributed by atoms with van der Waals surface area (Å²) < 4.78 is 1.77. The normalized spacial score (nSPS) is 10.8. The Balaban J connectivity index is 2.16. The van der Waals surface area contributed by atoms with Gasteiger partial charge in [-0.2, -0.15) is 0 Å². The summed E-state index contributed by atoms with van der Waals surface area (Å²) in [6, 6.07) is 5.75. The minimum atomic E-state index is 0.705. The van der Waals surface area contributed by atoms with Gasteiger partial charge in [0.1, 0.15) is 0 Å². The van der Waals surface area contributed by atoms with Gasteiger partial charge >= 0.3 is 0 Å². The molecule has 0 spiro atoms. The second-order valence-electron chi connectivity index (χ2n) is 4.26. The van der Waals surface area contributed by atoms with Gasteiger partial charge in [-0.1, -0.05) is 29.8 Å². The summed E-state index contributed by atoms with van der Waals surface area (Å²) in [4.78, 5) is 0. The molecule has 96 valence electrons. The van der Waals surface area contributed by atoms with Gasteiger partial charge in [-0.25, -0.2) is 4.68 Å². The number of aryl methyl sites for hydroxylation is 1. The first-order chi connectivity index (χ1) is 8.70. The van der Waals surface area contributed by atoms with Crippen molar-refractivity contribution in [1.29, 1.82) is 0 Å². The topological polar surface area (TPSA) is 42.7 Å². The lowest BCUT2D eigenvalue weighted by molar-refractivity contribution is 0.662. The number of nitrogens with one attached hydrogen (secondary N) is 1. The minimum Gasteiger partial charge on any atom is -0.311 e. The van der Waals surface area contributed by atoms with E-state index in [0.717, 1.165) is 36.5 Å². The highest BCUT2D eigenvalue weighted by atomic mass is 35.5. The fourth-order valence-electron chi connectivity index (χ4n) is 1.72. The molecule has 0 bridgehead atoms. The van der Waals surface area contributed by atoms with Crippen molar-refractivity contribution in [3.8, 4) is 5.69 Å². The minimum absolute atomic E-state index is 0.705. The smallest absolute Gasteiger partial charge is 0.0969 e. The standard InChI is InChI=1S/C13H17ClN4/c1-3-6-15-8-12-9-18(17-16-12)13-7-11(14)5-4-10(13)2/h4-5,7,9,15H,3,6,8H2,1-2H3. The molecule has 0 aliphatic carbocycles. The molecule has 0 atom stereocenters. The van der Waals surface area contributed by atoms with Crippen LogP contribution in [0.5, 0.6) is 0 Å². The Morgan fingerprint density at radius 1 is 1.39 bits per heavy atom. The van der Waals surface area contributed by atoms with Crippen LogP contribution >= 0.6 is 11.6 Å². The molecule has 0 saturated heterocycles. The van der Waals surface area contributed by atoms with Crippen molar-refractivity contribution in [3.63, 3.8) is 0 Å². The molecule has 0 amide bonds. The van der Waals surface area contributed by atoms with Crippen LogP contribution in [-0.4, -0.2) is 21.5 Å². The molecule has 0 aliphatic heterocycles. The number of hydrogen-bond donors (Lipinski definition) is 1. The van der Waals surface area contributed by atoms with Crippen LogP contribution in [0, 0.1) is 6.92 Å². The van der Waals surface area contributed by atoms with Gasteiger partial charge in [-0.3, -0.25) is 0 Å². The van der Waals surface area contributed by atoms with E-state index in [1.54, 1.807) is 4.68 Å². The molecule has 2 rings (SSSR count). The van der Waals surface area contributed by atoms with Crippen molar-refractivity contribution in [1.82, 2.24) is 20.3 Å². The van der Waals surface area contributed by atoms with Gasteiger partial charge in [0, 0.05) is 11.6 Å². The van der Waals surface area contributed by atoms with Crippen molar-refractivity contribution in [2.75, 3.05) is 6.54 Å². The maximum atomic E-state index is 6.00. The van der Waals surface area contributed by atoms with Gasteiger partial charge in [0.25, 0.3) is 0 Å². The summed E-state index contributed by atoms with van der Waals surface area (Å²) in [5, 5.41) is 12.3. The first-order valence-electron chi connectivity index (χ1n) is 6.09. The Hall–Kier alpha value is -1.39. The van der Waals surface area contributed by atoms with Crippen LogP contribution in [0.25, 0.3) is 5.69 Å². The molecule has 1 aromatic heterocycles. The molecule has 0 aliphatic rings. The average Bonchev–Trinajstić information content (AvgIpc) is 2.81. The van der Waals surface area contributed by atoms with Crippen LogP contribution in [-0.2, 0) is 6.54 Å². The quantitative estimate of drug-likeness (QED) is 0.845. The van der Waals surface area contributed by atoms with Crippen LogP contribution < -0.4 is 5.32 Å². The van der Waals surface area contributed by atoms with Gasteiger partial charge < -0.3 is 5.32 Å². The molecule has 0 radical (unpaired) electrons. The lowest BCUT2D eigenvalue weighted by Gasteiger charge is -2.04. The Kier molecular flexibility index (Phi) is 4.33. The van der Waals surface area contributed by atoms with E-state index in [4.69, 9.17) is 11.6 Å². The Morgan fingerprint density at radius 2 is 2.22 bits per heavy atom. The number of nitrogens with zero attached hydrogens (tertiary/aromatic N) is 3. The van der Waals surface area contributed by atoms with Crippen LogP contribution in [0.2, 0.25) is 5.02 Å². The van der Waals surface area contributed by atoms with Crippen molar-refractivity contribution in [3.05, 3.63) is 40.7 Å². The molecule has 1 aromatic carbocycles. The van der Waals surface area contributed by atoms with E-state index in [1.807, 2.05) is 31.3 Å². The number of halogens is 1. The Morgan fingerprint density at radius 3 is 3.00 bits per heavy atom. The zero-order valence-electron chi connectivity index (χ0n) is 10.7. The summed E-state index contributed by atoms with van der Waals surface area (Å²) >= 11 is 6.00. The predicted molar refractivity (Wildman–Crippen MR) is 73.1 cm³/mol. The predicted octanol–water partition coefficient (Wildman–Crippen LogP) is 2.73. The van der Waals surface area contributed by atoms with E-state index in [-0.39, 0.29) is 0 Å². The summed E-state index contributed by atoms with van der Waals surface area (Å²) in [7, 11) is 0. The highest BCUT2D eigenvalue weighted by Gasteiger charge is 2.05. The van der Waals surface area contributed by atoms with E-state index in [2.05, 4.69) is 22.6 Å². The number of hydrogen-bond acceptors (Lipinski definition) is 3. The average molecular weight is 265 g/mol. The van der Waals surface area contributed by atoms with Crippen LogP contribution in [0.15, 0.2) is 24.4 Å². The second-order valence-corrected chi connectivity index (χ2v) is 4.70. The van der Waals surface area contributed by atoms with Crippen molar-refractivity contribution in [2.24, 2.45) is 0 Å². The SMILES string of the molecule is CCCNCc1cn(-c2cc(Cl)ccc2C)nn1. The molecule has 0 saturated carbocycles. The van der Waals surface area contributed by atoms with Gasteiger partial charge in [0.05, 0.1) is 17.6 Å². The highest BCUT2D eigenvalue weighted by Crippen LogP contribution is 2.18. The summed E-state index contributed by atoms with van der Waals surface area (Å²) in [6.07, 6.45) is 3.04. The van der Waals surface area contributed by atoms with Gasteiger partial charge in [0.15, 0.2) is 0 Å². The molecule has 2 aromatic rings. The van der Waals surface area contributed by atoms with Crippen molar-refractivity contribution >= 4 is 11.6 Å². The van der Waals surface area contributed by atoms with E-state index in [9.17, 15) is 0 Å². The Labute approximate surface area is 112 Å². The monoisotopic (exact) mass is 264 g/mol. The fraction of sp³-hybridized carbons (Fsp3) is 0.385. The molecule has 18 heavy (non-hydrogen) atoms. The van der Waals surface area contributed by atoms with Gasteiger partial charge in [-0.05, 0) is 37.6 Å². The molecule has 0 fully saturated rings. The van der Waals surface area contributed by atoms with E-state index in [1.165, 1.54) is 0 Å². The summed E-state index contributed by atoms with van der Waals surface area (Å²) in [5.41, 5.74) is 3.02. The van der Waals surface area contributed by atoms with Crippen molar-refractivity contribution in [2.45, 2.75) is 26.8 Å². The molecule has 1 heterocycles. The van der Waals surface area contributed by atoms with Crippen molar-refractivity contribution < 1.29 is 0 Å². The van der Waals surface area contributed by atoms with Gasteiger partial charge in [0.2, 0.25) is 0 Å². The summed E-state index contributed by atoms with van der Waals surface area (Å²) in [6.45, 7) is 5.90. The lowest BCUT2D eigenvalue weighted by atomic mass is 10.2. The molecular formula is C13H17ClN4. The first kappa shape index (κ1) is 13.1. The van der Waals surface area contributed by atoms with Crippen LogP contribution in [0.4, 0.5) is 0 Å². The van der Waals surface area contributed by atoms with E-state index >= 15 is 0 Å². The number of rotatable bonds is 5. The van der Waals surface area contributed by atoms with Crippen LogP contribution in [0.3, 0.4) is 0 Å².